The average molecular weight is 263 g/mol. The highest BCUT2D eigenvalue weighted by Crippen LogP contribution is 2.34. The molecule has 0 aromatic carbocycles. The maximum Gasteiger partial charge on any atom is 0.203 e. The van der Waals surface area contributed by atoms with Gasteiger partial charge in [0.2, 0.25) is 5.95 Å². The zero-order valence-corrected chi connectivity index (χ0v) is 11.8. The molecule has 2 heterocycles. The van der Waals surface area contributed by atoms with E-state index in [9.17, 15) is 0 Å². The molecule has 0 saturated heterocycles. The molecule has 5 N–H and O–H groups in total. The second-order valence-corrected chi connectivity index (χ2v) is 4.25. The number of nitrogen functional groups attached to an aromatic ring is 1. The van der Waals surface area contributed by atoms with Crippen molar-refractivity contribution in [3.63, 3.8) is 0 Å². The summed E-state index contributed by atoms with van der Waals surface area (Å²) >= 11 is 0. The fraction of sp³-hybridized carbons (Fsp3) is 0.500. The molecule has 0 fully saturated rings. The van der Waals surface area contributed by atoms with Gasteiger partial charge in [0.25, 0.3) is 0 Å². The van der Waals surface area contributed by atoms with Crippen molar-refractivity contribution in [3.8, 4) is 0 Å². The molecular formula is C12H21N7. The lowest BCUT2D eigenvalue weighted by Gasteiger charge is -2.13. The van der Waals surface area contributed by atoms with Crippen molar-refractivity contribution in [2.45, 2.75) is 19.9 Å². The number of hydrogen-bond acceptors (Lipinski definition) is 6. The van der Waals surface area contributed by atoms with Crippen molar-refractivity contribution in [2.75, 3.05) is 42.8 Å². The fourth-order valence-electron chi connectivity index (χ4n) is 2.28. The highest BCUT2D eigenvalue weighted by atomic mass is 15.2. The Kier molecular flexibility index (Phi) is 3.64. The lowest BCUT2D eigenvalue weighted by atomic mass is 10.3. The normalized spacial score (nSPS) is 10.7. The molecule has 19 heavy (non-hydrogen) atoms. The molecule has 7 nitrogen and oxygen atoms in total. The van der Waals surface area contributed by atoms with E-state index < -0.39 is 0 Å². The van der Waals surface area contributed by atoms with Gasteiger partial charge in [0.15, 0.2) is 11.6 Å². The van der Waals surface area contributed by atoms with Gasteiger partial charge in [-0.3, -0.25) is 0 Å². The van der Waals surface area contributed by atoms with Crippen molar-refractivity contribution < 1.29 is 0 Å². The molecule has 0 aliphatic heterocycles. The summed E-state index contributed by atoms with van der Waals surface area (Å²) in [6.07, 6.45) is 1.01. The molecule has 104 valence electrons. The Bertz CT molecular complexity index is 588. The molecule has 2 rings (SSSR count). The summed E-state index contributed by atoms with van der Waals surface area (Å²) in [6, 6.07) is 0. The third-order valence-corrected chi connectivity index (χ3v) is 3.07. The number of nitrogens with two attached hydrogens (primary N) is 1. The number of hydrogen-bond donors (Lipinski definition) is 4. The minimum Gasteiger partial charge on any atom is -0.383 e. The fourth-order valence-corrected chi connectivity index (χ4v) is 2.28. The molecule has 0 spiro atoms. The zero-order valence-electron chi connectivity index (χ0n) is 11.8. The topological polar surface area (TPSA) is 92.8 Å². The maximum absolute atomic E-state index is 6.01. The van der Waals surface area contributed by atoms with E-state index in [-0.39, 0.29) is 0 Å². The number of pyridine rings is 1. The first kappa shape index (κ1) is 13.3. The Morgan fingerprint density at radius 1 is 1.11 bits per heavy atom. The van der Waals surface area contributed by atoms with Crippen LogP contribution in [0, 0.1) is 0 Å². The van der Waals surface area contributed by atoms with Crippen LogP contribution in [0.15, 0.2) is 0 Å². The number of nitrogens with zero attached hydrogens (tertiary/aromatic N) is 3. The van der Waals surface area contributed by atoms with E-state index in [0.29, 0.717) is 5.82 Å². The van der Waals surface area contributed by atoms with Gasteiger partial charge >= 0.3 is 0 Å². The third-order valence-electron chi connectivity index (χ3n) is 3.07. The van der Waals surface area contributed by atoms with Crippen molar-refractivity contribution in [2.24, 2.45) is 0 Å². The van der Waals surface area contributed by atoms with E-state index in [1.54, 1.807) is 0 Å². The molecule has 2 aromatic heterocycles. The first-order valence-electron chi connectivity index (χ1n) is 6.40. The first-order chi connectivity index (χ1) is 9.17. The Labute approximate surface area is 112 Å². The predicted octanol–water partition coefficient (Wildman–Crippen LogP) is 1.55. The van der Waals surface area contributed by atoms with Gasteiger partial charge in [-0.15, -0.1) is 0 Å². The monoisotopic (exact) mass is 263 g/mol. The summed E-state index contributed by atoms with van der Waals surface area (Å²) in [5.41, 5.74) is 8.62. The number of rotatable bonds is 5. The van der Waals surface area contributed by atoms with Gasteiger partial charge in [0.1, 0.15) is 16.7 Å². The van der Waals surface area contributed by atoms with Gasteiger partial charge in [-0.1, -0.05) is 6.92 Å². The standard InChI is InChI=1S/C12H21N7/c1-5-6-19-9-7(17-12(19)16-4)10(13)18-11(15-3)8(9)14-2/h14H,5-6H2,1-4H3,(H,16,17)(H3,13,15,18). The van der Waals surface area contributed by atoms with Gasteiger partial charge in [0, 0.05) is 27.7 Å². The van der Waals surface area contributed by atoms with Gasteiger partial charge < -0.3 is 26.3 Å². The van der Waals surface area contributed by atoms with E-state index in [0.717, 1.165) is 41.5 Å². The maximum atomic E-state index is 6.01. The number of imidazole rings is 1. The third kappa shape index (κ3) is 2.00. The van der Waals surface area contributed by atoms with E-state index in [2.05, 4.69) is 37.4 Å². The molecular weight excluding hydrogens is 242 g/mol. The molecule has 2 aromatic rings. The van der Waals surface area contributed by atoms with Crippen molar-refractivity contribution in [1.29, 1.82) is 0 Å². The van der Waals surface area contributed by atoms with Crippen LogP contribution in [0.25, 0.3) is 11.0 Å². The van der Waals surface area contributed by atoms with Crippen LogP contribution in [-0.2, 0) is 6.54 Å². The second kappa shape index (κ2) is 5.21. The van der Waals surface area contributed by atoms with E-state index in [4.69, 9.17) is 5.73 Å². The Morgan fingerprint density at radius 3 is 2.37 bits per heavy atom. The zero-order chi connectivity index (χ0) is 14.0. The summed E-state index contributed by atoms with van der Waals surface area (Å²) in [6.45, 7) is 3.00. The van der Waals surface area contributed by atoms with Gasteiger partial charge in [-0.25, -0.2) is 9.97 Å². The van der Waals surface area contributed by atoms with E-state index >= 15 is 0 Å². The molecule has 0 atom stereocenters. The van der Waals surface area contributed by atoms with Crippen molar-refractivity contribution in [3.05, 3.63) is 0 Å². The summed E-state index contributed by atoms with van der Waals surface area (Å²) < 4.78 is 2.13. The Morgan fingerprint density at radius 2 is 1.84 bits per heavy atom. The van der Waals surface area contributed by atoms with Crippen LogP contribution in [0.2, 0.25) is 0 Å². The number of anilines is 4. The highest BCUT2D eigenvalue weighted by molar-refractivity contribution is 6.01. The van der Waals surface area contributed by atoms with Crippen molar-refractivity contribution >= 4 is 34.3 Å². The van der Waals surface area contributed by atoms with E-state index in [1.165, 1.54) is 0 Å². The Hall–Kier alpha value is -2.18. The molecule has 0 amide bonds. The second-order valence-electron chi connectivity index (χ2n) is 4.25. The smallest absolute Gasteiger partial charge is 0.203 e. The van der Waals surface area contributed by atoms with Crippen LogP contribution in [-0.4, -0.2) is 35.7 Å². The minimum atomic E-state index is 0.435. The van der Waals surface area contributed by atoms with Crippen LogP contribution in [0.3, 0.4) is 0 Å². The molecule has 7 heteroatoms. The molecule has 0 radical (unpaired) electrons. The van der Waals surface area contributed by atoms with Gasteiger partial charge in [-0.05, 0) is 6.42 Å². The van der Waals surface area contributed by atoms with Crippen LogP contribution in [0.4, 0.5) is 23.3 Å². The lowest BCUT2D eigenvalue weighted by Crippen LogP contribution is -2.07. The van der Waals surface area contributed by atoms with Crippen LogP contribution in [0.5, 0.6) is 0 Å². The molecule has 0 bridgehead atoms. The Balaban J connectivity index is 2.85. The quantitative estimate of drug-likeness (QED) is 0.654. The minimum absolute atomic E-state index is 0.435. The van der Waals surface area contributed by atoms with Crippen LogP contribution in [0.1, 0.15) is 13.3 Å². The summed E-state index contributed by atoms with van der Waals surface area (Å²) in [5, 5.41) is 9.35. The molecule has 0 saturated carbocycles. The van der Waals surface area contributed by atoms with E-state index in [1.807, 2.05) is 21.1 Å². The first-order valence-corrected chi connectivity index (χ1v) is 6.40. The summed E-state index contributed by atoms with van der Waals surface area (Å²) in [5.74, 6) is 1.97. The molecule has 0 aliphatic rings. The highest BCUT2D eigenvalue weighted by Gasteiger charge is 2.19. The van der Waals surface area contributed by atoms with Crippen molar-refractivity contribution in [1.82, 2.24) is 14.5 Å². The van der Waals surface area contributed by atoms with Gasteiger partial charge in [-0.2, -0.15) is 0 Å². The average Bonchev–Trinajstić information content (AvgIpc) is 2.78. The predicted molar refractivity (Wildman–Crippen MR) is 80.9 cm³/mol. The largest absolute Gasteiger partial charge is 0.383 e. The van der Waals surface area contributed by atoms with Crippen LogP contribution < -0.4 is 21.7 Å². The number of fused-ring (bicyclic) bond motifs is 1. The number of aromatic nitrogens is 3. The number of aryl methyl sites for hydroxylation is 1. The SMILES string of the molecule is CCCn1c(NC)nc2c(N)nc(NC)c(NC)c21. The van der Waals surface area contributed by atoms with Gasteiger partial charge in [0.05, 0.1) is 0 Å². The summed E-state index contributed by atoms with van der Waals surface area (Å²) in [4.78, 5) is 8.87. The lowest BCUT2D eigenvalue weighted by molar-refractivity contribution is 0.704. The summed E-state index contributed by atoms with van der Waals surface area (Å²) in [7, 11) is 5.55. The number of nitrogens with one attached hydrogen (secondary N) is 3. The molecule has 0 unspecified atom stereocenters. The van der Waals surface area contributed by atoms with Crippen LogP contribution >= 0.6 is 0 Å². The molecule has 0 aliphatic carbocycles.